The number of methoxy groups -OCH3 is 1. The summed E-state index contributed by atoms with van der Waals surface area (Å²) in [4.78, 5) is 21.4. The van der Waals surface area contributed by atoms with Gasteiger partial charge in [0.05, 0.1) is 12.7 Å². The molecule has 7 nitrogen and oxygen atoms in total. The number of alkyl halides is 2. The molecule has 32 heavy (non-hydrogen) atoms. The molecule has 1 heterocycles. The van der Waals surface area contributed by atoms with E-state index in [9.17, 15) is 13.6 Å². The molecule has 1 amide bonds. The van der Waals surface area contributed by atoms with E-state index in [1.54, 1.807) is 19.2 Å². The fourth-order valence-corrected chi connectivity index (χ4v) is 3.47. The van der Waals surface area contributed by atoms with E-state index >= 15 is 0 Å². The highest BCUT2D eigenvalue weighted by Crippen LogP contribution is 2.28. The van der Waals surface area contributed by atoms with Crippen LogP contribution in [0.25, 0.3) is 0 Å². The first-order valence-corrected chi connectivity index (χ1v) is 10.7. The van der Waals surface area contributed by atoms with Crippen molar-refractivity contribution < 1.29 is 18.3 Å². The van der Waals surface area contributed by atoms with Crippen molar-refractivity contribution in [2.24, 2.45) is 0 Å². The van der Waals surface area contributed by atoms with Crippen LogP contribution in [-0.4, -0.2) is 41.8 Å². The van der Waals surface area contributed by atoms with Gasteiger partial charge in [0.15, 0.2) is 0 Å². The number of hydrogen-bond donors (Lipinski definition) is 3. The molecule has 3 N–H and O–H groups in total. The number of amides is 1. The van der Waals surface area contributed by atoms with E-state index in [1.165, 1.54) is 12.1 Å². The van der Waals surface area contributed by atoms with Crippen molar-refractivity contribution in [1.82, 2.24) is 15.3 Å². The van der Waals surface area contributed by atoms with Crippen LogP contribution in [0.3, 0.4) is 0 Å². The number of anilines is 3. The number of benzene rings is 2. The number of halogens is 2. The quantitative estimate of drug-likeness (QED) is 0.299. The SMILES string of the molecule is COc1ccc(Nc2cc(C)nc(NCCNC(=O)c3ccccc3SC(F)F)n2)cc1. The molecule has 3 aromatic rings. The Balaban J connectivity index is 1.54. The summed E-state index contributed by atoms with van der Waals surface area (Å²) in [5.74, 6) is -1.22. The monoisotopic (exact) mass is 459 g/mol. The molecular formula is C22H23F2N5O2S. The zero-order valence-electron chi connectivity index (χ0n) is 17.6. The summed E-state index contributed by atoms with van der Waals surface area (Å²) in [6, 6.07) is 15.5. The van der Waals surface area contributed by atoms with Gasteiger partial charge in [-0.2, -0.15) is 13.8 Å². The molecule has 0 spiro atoms. The normalized spacial score (nSPS) is 10.7. The van der Waals surface area contributed by atoms with E-state index in [2.05, 4.69) is 25.9 Å². The van der Waals surface area contributed by atoms with Crippen molar-refractivity contribution in [3.8, 4) is 5.75 Å². The Morgan fingerprint density at radius 1 is 1.09 bits per heavy atom. The van der Waals surface area contributed by atoms with Crippen LogP contribution in [0.2, 0.25) is 0 Å². The molecule has 0 radical (unpaired) electrons. The van der Waals surface area contributed by atoms with Crippen molar-refractivity contribution in [3.05, 3.63) is 65.9 Å². The lowest BCUT2D eigenvalue weighted by atomic mass is 10.2. The lowest BCUT2D eigenvalue weighted by molar-refractivity contribution is 0.0952. The Hall–Kier alpha value is -3.40. The van der Waals surface area contributed by atoms with Gasteiger partial charge in [-0.15, -0.1) is 0 Å². The van der Waals surface area contributed by atoms with Gasteiger partial charge >= 0.3 is 0 Å². The average Bonchev–Trinajstić information content (AvgIpc) is 2.77. The molecule has 0 fully saturated rings. The number of hydrogen-bond acceptors (Lipinski definition) is 7. The molecule has 0 aliphatic carbocycles. The summed E-state index contributed by atoms with van der Waals surface area (Å²) >= 11 is 0.352. The molecule has 0 atom stereocenters. The fraction of sp³-hybridized carbons (Fsp3) is 0.227. The largest absolute Gasteiger partial charge is 0.497 e. The average molecular weight is 460 g/mol. The van der Waals surface area contributed by atoms with E-state index in [1.807, 2.05) is 37.3 Å². The number of aromatic nitrogens is 2. The third kappa shape index (κ3) is 6.81. The number of nitrogens with zero attached hydrogens (tertiary/aromatic N) is 2. The third-order valence-electron chi connectivity index (χ3n) is 4.26. The summed E-state index contributed by atoms with van der Waals surface area (Å²) < 4.78 is 30.5. The van der Waals surface area contributed by atoms with Crippen molar-refractivity contribution in [1.29, 1.82) is 0 Å². The molecule has 168 valence electrons. The predicted octanol–water partition coefficient (Wildman–Crippen LogP) is 4.69. The first kappa shape index (κ1) is 23.3. The summed E-state index contributed by atoms with van der Waals surface area (Å²) in [5, 5.41) is 8.99. The number of nitrogens with one attached hydrogen (secondary N) is 3. The fourth-order valence-electron chi connectivity index (χ4n) is 2.83. The van der Waals surface area contributed by atoms with Crippen LogP contribution in [0, 0.1) is 6.92 Å². The van der Waals surface area contributed by atoms with E-state index in [0.29, 0.717) is 30.1 Å². The Morgan fingerprint density at radius 3 is 2.56 bits per heavy atom. The van der Waals surface area contributed by atoms with Gasteiger partial charge in [-0.3, -0.25) is 4.79 Å². The first-order valence-electron chi connectivity index (χ1n) is 9.77. The molecule has 0 bridgehead atoms. The molecule has 0 saturated heterocycles. The maximum atomic E-state index is 12.7. The van der Waals surface area contributed by atoms with Crippen LogP contribution in [0.15, 0.2) is 59.5 Å². The van der Waals surface area contributed by atoms with Crippen LogP contribution in [0.1, 0.15) is 16.1 Å². The zero-order valence-corrected chi connectivity index (χ0v) is 18.4. The summed E-state index contributed by atoms with van der Waals surface area (Å²) in [7, 11) is 1.61. The van der Waals surface area contributed by atoms with Gasteiger partial charge in [0.2, 0.25) is 5.95 Å². The highest BCUT2D eigenvalue weighted by atomic mass is 32.2. The number of ether oxygens (including phenoxy) is 1. The minimum absolute atomic E-state index is 0.218. The van der Waals surface area contributed by atoms with Gasteiger partial charge < -0.3 is 20.7 Å². The van der Waals surface area contributed by atoms with E-state index in [0.717, 1.165) is 17.1 Å². The van der Waals surface area contributed by atoms with Crippen LogP contribution in [0.5, 0.6) is 5.75 Å². The standard InChI is InChI=1S/C22H23F2N5O2S/c1-14-13-19(28-15-7-9-16(31-2)10-8-15)29-22(27-14)26-12-11-25-20(30)17-5-3-4-6-18(17)32-21(23)24/h3-10,13,21H,11-12H2,1-2H3,(H,25,30)(H2,26,27,28,29). The Labute approximate surface area is 189 Å². The smallest absolute Gasteiger partial charge is 0.288 e. The molecule has 3 rings (SSSR count). The zero-order chi connectivity index (χ0) is 22.9. The highest BCUT2D eigenvalue weighted by molar-refractivity contribution is 7.99. The highest BCUT2D eigenvalue weighted by Gasteiger charge is 2.14. The topological polar surface area (TPSA) is 88.2 Å². The van der Waals surface area contributed by atoms with Crippen molar-refractivity contribution in [2.75, 3.05) is 30.8 Å². The van der Waals surface area contributed by atoms with E-state index in [-0.39, 0.29) is 17.0 Å². The second-order valence-electron chi connectivity index (χ2n) is 6.63. The van der Waals surface area contributed by atoms with Crippen LogP contribution in [-0.2, 0) is 0 Å². The number of thioether (sulfide) groups is 1. The molecule has 10 heteroatoms. The Bertz CT molecular complexity index is 1050. The predicted molar refractivity (Wildman–Crippen MR) is 122 cm³/mol. The number of rotatable bonds is 10. The molecule has 0 aliphatic rings. The second-order valence-corrected chi connectivity index (χ2v) is 7.66. The molecule has 0 saturated carbocycles. The van der Waals surface area contributed by atoms with Crippen LogP contribution >= 0.6 is 11.8 Å². The molecule has 0 aliphatic heterocycles. The summed E-state index contributed by atoms with van der Waals surface area (Å²) in [6.07, 6.45) is 0. The maximum absolute atomic E-state index is 12.7. The molecule has 0 unspecified atom stereocenters. The van der Waals surface area contributed by atoms with Gasteiger partial charge in [0, 0.05) is 35.4 Å². The number of carbonyl (C=O) groups excluding carboxylic acids is 1. The van der Waals surface area contributed by atoms with Gasteiger partial charge in [-0.1, -0.05) is 23.9 Å². The van der Waals surface area contributed by atoms with Crippen molar-refractivity contribution in [3.63, 3.8) is 0 Å². The van der Waals surface area contributed by atoms with Crippen LogP contribution in [0.4, 0.5) is 26.2 Å². The maximum Gasteiger partial charge on any atom is 0.288 e. The van der Waals surface area contributed by atoms with Crippen LogP contribution < -0.4 is 20.7 Å². The van der Waals surface area contributed by atoms with Gasteiger partial charge in [-0.05, 0) is 43.3 Å². The molecule has 2 aromatic carbocycles. The molecule has 1 aromatic heterocycles. The van der Waals surface area contributed by atoms with Gasteiger partial charge in [0.25, 0.3) is 11.7 Å². The Kier molecular flexibility index (Phi) is 8.20. The lowest BCUT2D eigenvalue weighted by Gasteiger charge is -2.12. The second kappa shape index (κ2) is 11.3. The molecular weight excluding hydrogens is 436 g/mol. The summed E-state index contributed by atoms with van der Waals surface area (Å²) in [5.41, 5.74) is 1.83. The Morgan fingerprint density at radius 2 is 1.84 bits per heavy atom. The van der Waals surface area contributed by atoms with Gasteiger partial charge in [-0.25, -0.2) is 4.98 Å². The number of carbonyl (C=O) groups is 1. The minimum Gasteiger partial charge on any atom is -0.497 e. The van der Waals surface area contributed by atoms with E-state index < -0.39 is 11.7 Å². The van der Waals surface area contributed by atoms with Crippen molar-refractivity contribution in [2.45, 2.75) is 17.6 Å². The number of aryl methyl sites for hydroxylation is 1. The minimum atomic E-state index is -2.59. The third-order valence-corrected chi connectivity index (χ3v) is 5.05. The first-order chi connectivity index (χ1) is 15.4. The van der Waals surface area contributed by atoms with Crippen molar-refractivity contribution >= 4 is 35.1 Å². The lowest BCUT2D eigenvalue weighted by Crippen LogP contribution is -2.29. The summed E-state index contributed by atoms with van der Waals surface area (Å²) in [6.45, 7) is 2.48. The van der Waals surface area contributed by atoms with E-state index in [4.69, 9.17) is 4.74 Å². The van der Waals surface area contributed by atoms with Gasteiger partial charge in [0.1, 0.15) is 11.6 Å².